The second-order valence-electron chi connectivity index (χ2n) is 5.24. The van der Waals surface area contributed by atoms with E-state index in [-0.39, 0.29) is 17.5 Å². The fourth-order valence-electron chi connectivity index (χ4n) is 1.65. The molecule has 4 nitrogen and oxygen atoms in total. The first-order chi connectivity index (χ1) is 6.73. The number of aliphatic hydroxyl groups excluding tert-OH is 1. The second-order valence-corrected chi connectivity index (χ2v) is 5.24. The van der Waals surface area contributed by atoms with Crippen LogP contribution in [-0.2, 0) is 14.3 Å². The Morgan fingerprint density at radius 3 is 2.27 bits per heavy atom. The fourth-order valence-corrected chi connectivity index (χ4v) is 1.65. The largest absolute Gasteiger partial charge is 0.435 e. The molecule has 0 bridgehead atoms. The molecule has 88 valence electrons. The lowest BCUT2D eigenvalue weighted by atomic mass is 9.92. The molecular formula is C11H20O4. The summed E-state index contributed by atoms with van der Waals surface area (Å²) in [6.45, 7) is 9.20. The summed E-state index contributed by atoms with van der Waals surface area (Å²) in [4.78, 5) is 11.6. The highest BCUT2D eigenvalue weighted by atomic mass is 16.7. The van der Waals surface area contributed by atoms with Gasteiger partial charge in [0.25, 0.3) is 0 Å². The highest BCUT2D eigenvalue weighted by Gasteiger charge is 2.43. The van der Waals surface area contributed by atoms with Gasteiger partial charge in [-0.15, -0.1) is 0 Å². The molecule has 0 spiro atoms. The molecule has 15 heavy (non-hydrogen) atoms. The highest BCUT2D eigenvalue weighted by Crippen LogP contribution is 2.32. The minimum Gasteiger partial charge on any atom is -0.435 e. The van der Waals surface area contributed by atoms with Gasteiger partial charge in [0.05, 0.1) is 12.2 Å². The summed E-state index contributed by atoms with van der Waals surface area (Å²) in [5.74, 6) is -0.952. The van der Waals surface area contributed by atoms with E-state index in [4.69, 9.17) is 9.47 Å². The summed E-state index contributed by atoms with van der Waals surface area (Å²) in [5, 5.41) is 9.43. The van der Waals surface area contributed by atoms with E-state index in [1.807, 2.05) is 20.8 Å². The summed E-state index contributed by atoms with van der Waals surface area (Å²) < 4.78 is 10.8. The molecule has 0 aliphatic carbocycles. The van der Waals surface area contributed by atoms with Crippen LogP contribution in [0.4, 0.5) is 0 Å². The molecule has 0 radical (unpaired) electrons. The standard InChI is InChI=1S/C11H20O4/c1-6(12)8-7(2)14-10(11(3,4)5)15-9(8)13/h6-8,10,12H,1-5H3. The maximum atomic E-state index is 11.6. The first-order valence-corrected chi connectivity index (χ1v) is 5.27. The van der Waals surface area contributed by atoms with Gasteiger partial charge < -0.3 is 14.6 Å². The Balaban J connectivity index is 2.76. The molecule has 0 saturated carbocycles. The molecule has 0 aromatic heterocycles. The van der Waals surface area contributed by atoms with Crippen molar-refractivity contribution in [1.29, 1.82) is 0 Å². The number of ether oxygens (including phenoxy) is 2. The molecule has 1 heterocycles. The molecule has 4 unspecified atom stereocenters. The normalized spacial score (nSPS) is 34.8. The summed E-state index contributed by atoms with van der Waals surface area (Å²) >= 11 is 0. The topological polar surface area (TPSA) is 55.8 Å². The lowest BCUT2D eigenvalue weighted by Gasteiger charge is -2.40. The van der Waals surface area contributed by atoms with Crippen molar-refractivity contribution in [2.45, 2.75) is 53.1 Å². The van der Waals surface area contributed by atoms with E-state index in [0.717, 1.165) is 0 Å². The van der Waals surface area contributed by atoms with E-state index in [1.54, 1.807) is 13.8 Å². The van der Waals surface area contributed by atoms with Crippen LogP contribution in [-0.4, -0.2) is 29.6 Å². The van der Waals surface area contributed by atoms with Gasteiger partial charge in [0, 0.05) is 5.41 Å². The lowest BCUT2D eigenvalue weighted by Crippen LogP contribution is -2.50. The van der Waals surface area contributed by atoms with E-state index in [9.17, 15) is 9.90 Å². The molecule has 0 amide bonds. The minimum atomic E-state index is -0.742. The molecule has 4 heteroatoms. The van der Waals surface area contributed by atoms with Crippen molar-refractivity contribution >= 4 is 5.97 Å². The van der Waals surface area contributed by atoms with Crippen LogP contribution in [0.2, 0.25) is 0 Å². The van der Waals surface area contributed by atoms with Crippen LogP contribution in [0, 0.1) is 11.3 Å². The zero-order chi connectivity index (χ0) is 11.8. The van der Waals surface area contributed by atoms with Gasteiger partial charge in [0.15, 0.2) is 0 Å². The lowest BCUT2D eigenvalue weighted by molar-refractivity contribution is -0.260. The Morgan fingerprint density at radius 2 is 1.93 bits per heavy atom. The van der Waals surface area contributed by atoms with Gasteiger partial charge in [-0.05, 0) is 13.8 Å². The molecular weight excluding hydrogens is 196 g/mol. The monoisotopic (exact) mass is 216 g/mol. The third-order valence-electron chi connectivity index (χ3n) is 2.57. The Labute approximate surface area is 90.6 Å². The van der Waals surface area contributed by atoms with Crippen molar-refractivity contribution in [3.63, 3.8) is 0 Å². The number of hydrogen-bond acceptors (Lipinski definition) is 4. The van der Waals surface area contributed by atoms with Crippen molar-refractivity contribution < 1.29 is 19.4 Å². The maximum Gasteiger partial charge on any atom is 0.316 e. The van der Waals surface area contributed by atoms with Crippen LogP contribution in [0.25, 0.3) is 0 Å². The summed E-state index contributed by atoms with van der Waals surface area (Å²) in [7, 11) is 0. The van der Waals surface area contributed by atoms with Crippen LogP contribution in [0.15, 0.2) is 0 Å². The van der Waals surface area contributed by atoms with Crippen LogP contribution < -0.4 is 0 Å². The van der Waals surface area contributed by atoms with Gasteiger partial charge in [0.2, 0.25) is 6.29 Å². The van der Waals surface area contributed by atoms with E-state index in [2.05, 4.69) is 0 Å². The van der Waals surface area contributed by atoms with E-state index >= 15 is 0 Å². The summed E-state index contributed by atoms with van der Waals surface area (Å²) in [6, 6.07) is 0. The molecule has 1 N–H and O–H groups in total. The van der Waals surface area contributed by atoms with Crippen molar-refractivity contribution in [3.8, 4) is 0 Å². The zero-order valence-corrected chi connectivity index (χ0v) is 9.98. The number of cyclic esters (lactones) is 1. The summed E-state index contributed by atoms with van der Waals surface area (Å²) in [6.07, 6.45) is -1.58. The van der Waals surface area contributed by atoms with Crippen LogP contribution in [0.1, 0.15) is 34.6 Å². The van der Waals surface area contributed by atoms with Crippen LogP contribution in [0.5, 0.6) is 0 Å². The molecule has 0 aromatic rings. The van der Waals surface area contributed by atoms with Crippen LogP contribution in [0.3, 0.4) is 0 Å². The first kappa shape index (κ1) is 12.5. The van der Waals surface area contributed by atoms with Gasteiger partial charge in [0.1, 0.15) is 5.92 Å². The molecule has 1 aliphatic heterocycles. The highest BCUT2D eigenvalue weighted by molar-refractivity contribution is 5.74. The Kier molecular flexibility index (Phi) is 3.41. The Morgan fingerprint density at radius 1 is 1.40 bits per heavy atom. The number of esters is 1. The Hall–Kier alpha value is -0.610. The van der Waals surface area contributed by atoms with Crippen molar-refractivity contribution in [2.75, 3.05) is 0 Å². The number of hydrogen-bond donors (Lipinski definition) is 1. The van der Waals surface area contributed by atoms with E-state index < -0.39 is 18.3 Å². The molecule has 1 saturated heterocycles. The minimum absolute atomic E-state index is 0.242. The van der Waals surface area contributed by atoms with Gasteiger partial charge in [-0.2, -0.15) is 0 Å². The first-order valence-electron chi connectivity index (χ1n) is 5.27. The molecule has 1 aliphatic rings. The Bertz CT molecular complexity index is 241. The molecule has 1 rings (SSSR count). The SMILES string of the molecule is CC(O)C1C(=O)OC(C(C)(C)C)OC1C. The smallest absolute Gasteiger partial charge is 0.316 e. The third-order valence-corrected chi connectivity index (χ3v) is 2.57. The third kappa shape index (κ3) is 2.69. The maximum absolute atomic E-state index is 11.6. The zero-order valence-electron chi connectivity index (χ0n) is 9.98. The van der Waals surface area contributed by atoms with Gasteiger partial charge in [-0.3, -0.25) is 4.79 Å². The van der Waals surface area contributed by atoms with Crippen molar-refractivity contribution in [1.82, 2.24) is 0 Å². The van der Waals surface area contributed by atoms with Crippen LogP contribution >= 0.6 is 0 Å². The van der Waals surface area contributed by atoms with Gasteiger partial charge in [-0.25, -0.2) is 0 Å². The number of carbonyl (C=O) groups is 1. The average Bonchev–Trinajstić information content (AvgIpc) is 1.99. The fraction of sp³-hybridized carbons (Fsp3) is 0.909. The average molecular weight is 216 g/mol. The predicted octanol–water partition coefficient (Wildman–Crippen LogP) is 1.32. The number of aliphatic hydroxyl groups is 1. The molecule has 0 aromatic carbocycles. The van der Waals surface area contributed by atoms with Gasteiger partial charge in [-0.1, -0.05) is 20.8 Å². The summed E-state index contributed by atoms with van der Waals surface area (Å²) in [5.41, 5.74) is -0.242. The molecule has 1 fully saturated rings. The quantitative estimate of drug-likeness (QED) is 0.672. The van der Waals surface area contributed by atoms with Gasteiger partial charge >= 0.3 is 5.97 Å². The molecule has 4 atom stereocenters. The number of carbonyl (C=O) groups excluding carboxylic acids is 1. The number of rotatable bonds is 1. The predicted molar refractivity (Wildman–Crippen MR) is 55.1 cm³/mol. The van der Waals surface area contributed by atoms with Crippen molar-refractivity contribution in [2.24, 2.45) is 11.3 Å². The van der Waals surface area contributed by atoms with E-state index in [0.29, 0.717) is 0 Å². The second kappa shape index (κ2) is 4.10. The van der Waals surface area contributed by atoms with E-state index in [1.165, 1.54) is 0 Å². The van der Waals surface area contributed by atoms with Crippen molar-refractivity contribution in [3.05, 3.63) is 0 Å².